The van der Waals surface area contributed by atoms with Gasteiger partial charge in [-0.2, -0.15) is 4.98 Å². The molecule has 0 aliphatic carbocycles. The van der Waals surface area contributed by atoms with E-state index in [1.807, 2.05) is 0 Å². The maximum absolute atomic E-state index is 13.0. The smallest absolute Gasteiger partial charge is 0.241 e. The van der Waals surface area contributed by atoms with Crippen LogP contribution in [0.1, 0.15) is 38.5 Å². The zero-order chi connectivity index (χ0) is 19.5. The molecule has 2 aliphatic rings. The highest BCUT2D eigenvalue weighted by atomic mass is 19.1. The summed E-state index contributed by atoms with van der Waals surface area (Å²) in [5, 5.41) is 4.00. The second-order valence-electron chi connectivity index (χ2n) is 8.08. The predicted molar refractivity (Wildman–Crippen MR) is 103 cm³/mol. The molecule has 7 heteroatoms. The standard InChI is InChI=1S/C21H27FN4O2/c1-15-6-12-26(13-7-15)21(27)17-8-10-25(11-9-17)14-19-23-20(24-28-19)16-2-4-18(22)5-3-16/h2-5,15,17H,6-14H2,1H3. The Labute approximate surface area is 164 Å². The van der Waals surface area contributed by atoms with Crippen LogP contribution in [0.25, 0.3) is 11.4 Å². The molecular weight excluding hydrogens is 359 g/mol. The summed E-state index contributed by atoms with van der Waals surface area (Å²) in [6.07, 6.45) is 4.00. The lowest BCUT2D eigenvalue weighted by atomic mass is 9.93. The third-order valence-corrected chi connectivity index (χ3v) is 5.96. The lowest BCUT2D eigenvalue weighted by Crippen LogP contribution is -2.45. The number of nitrogens with zero attached hydrogens (tertiary/aromatic N) is 4. The first kappa shape index (κ1) is 19.1. The third-order valence-electron chi connectivity index (χ3n) is 5.96. The molecule has 150 valence electrons. The van der Waals surface area contributed by atoms with Gasteiger partial charge in [0.25, 0.3) is 0 Å². The van der Waals surface area contributed by atoms with Gasteiger partial charge in [-0.25, -0.2) is 4.39 Å². The number of rotatable bonds is 4. The van der Waals surface area contributed by atoms with Crippen LogP contribution in [0.5, 0.6) is 0 Å². The van der Waals surface area contributed by atoms with E-state index in [4.69, 9.17) is 4.52 Å². The number of likely N-dealkylation sites (tertiary alicyclic amines) is 2. The quantitative estimate of drug-likeness (QED) is 0.806. The second kappa shape index (κ2) is 8.39. The first-order valence-electron chi connectivity index (χ1n) is 10.2. The molecule has 4 rings (SSSR count). The Bertz CT molecular complexity index is 791. The van der Waals surface area contributed by atoms with E-state index in [-0.39, 0.29) is 11.7 Å². The lowest BCUT2D eigenvalue weighted by Gasteiger charge is -2.36. The Morgan fingerprint density at radius 3 is 2.46 bits per heavy atom. The summed E-state index contributed by atoms with van der Waals surface area (Å²) in [6.45, 7) is 6.38. The van der Waals surface area contributed by atoms with Gasteiger partial charge in [-0.15, -0.1) is 0 Å². The van der Waals surface area contributed by atoms with E-state index >= 15 is 0 Å². The highest BCUT2D eigenvalue weighted by molar-refractivity contribution is 5.79. The molecule has 2 aliphatic heterocycles. The van der Waals surface area contributed by atoms with Gasteiger partial charge in [-0.3, -0.25) is 9.69 Å². The fourth-order valence-corrected chi connectivity index (χ4v) is 4.05. The highest BCUT2D eigenvalue weighted by Gasteiger charge is 2.30. The summed E-state index contributed by atoms with van der Waals surface area (Å²) in [5.41, 5.74) is 0.733. The van der Waals surface area contributed by atoms with Crippen LogP contribution >= 0.6 is 0 Å². The molecule has 0 bridgehead atoms. The fraction of sp³-hybridized carbons (Fsp3) is 0.571. The summed E-state index contributed by atoms with van der Waals surface area (Å²) in [6, 6.07) is 6.05. The Morgan fingerprint density at radius 2 is 1.79 bits per heavy atom. The fourth-order valence-electron chi connectivity index (χ4n) is 4.05. The van der Waals surface area contributed by atoms with Crippen LogP contribution in [-0.2, 0) is 11.3 Å². The van der Waals surface area contributed by atoms with Crippen LogP contribution in [0.2, 0.25) is 0 Å². The molecule has 2 fully saturated rings. The first-order chi connectivity index (χ1) is 13.6. The summed E-state index contributed by atoms with van der Waals surface area (Å²) in [7, 11) is 0. The monoisotopic (exact) mass is 386 g/mol. The summed E-state index contributed by atoms with van der Waals surface area (Å²) < 4.78 is 18.4. The number of benzene rings is 1. The van der Waals surface area contributed by atoms with Crippen molar-refractivity contribution in [3.63, 3.8) is 0 Å². The molecular formula is C21H27FN4O2. The van der Waals surface area contributed by atoms with Crippen LogP contribution in [0.3, 0.4) is 0 Å². The molecule has 0 N–H and O–H groups in total. The van der Waals surface area contributed by atoms with Crippen molar-refractivity contribution in [3.8, 4) is 11.4 Å². The maximum Gasteiger partial charge on any atom is 0.241 e. The average molecular weight is 386 g/mol. The molecule has 3 heterocycles. The average Bonchev–Trinajstić information content (AvgIpc) is 3.18. The minimum Gasteiger partial charge on any atom is -0.342 e. The lowest BCUT2D eigenvalue weighted by molar-refractivity contribution is -0.138. The van der Waals surface area contributed by atoms with Gasteiger partial charge in [0, 0.05) is 24.6 Å². The molecule has 2 saturated heterocycles. The largest absolute Gasteiger partial charge is 0.342 e. The van der Waals surface area contributed by atoms with Crippen molar-refractivity contribution in [1.29, 1.82) is 0 Å². The van der Waals surface area contributed by atoms with E-state index in [0.29, 0.717) is 24.2 Å². The maximum atomic E-state index is 13.0. The molecule has 0 saturated carbocycles. The van der Waals surface area contributed by atoms with E-state index in [0.717, 1.165) is 63.3 Å². The number of piperidine rings is 2. The van der Waals surface area contributed by atoms with Gasteiger partial charge in [0.2, 0.25) is 17.6 Å². The van der Waals surface area contributed by atoms with Crippen molar-refractivity contribution in [2.45, 2.75) is 39.2 Å². The predicted octanol–water partition coefficient (Wildman–Crippen LogP) is 3.35. The normalized spacial score (nSPS) is 19.9. The van der Waals surface area contributed by atoms with E-state index in [1.54, 1.807) is 12.1 Å². The van der Waals surface area contributed by atoms with Crippen LogP contribution in [0, 0.1) is 17.7 Å². The summed E-state index contributed by atoms with van der Waals surface area (Å²) in [4.78, 5) is 21.5. The highest BCUT2D eigenvalue weighted by Crippen LogP contribution is 2.24. The molecule has 6 nitrogen and oxygen atoms in total. The summed E-state index contributed by atoms with van der Waals surface area (Å²) >= 11 is 0. The van der Waals surface area contributed by atoms with E-state index < -0.39 is 0 Å². The van der Waals surface area contributed by atoms with Crippen LogP contribution < -0.4 is 0 Å². The van der Waals surface area contributed by atoms with Crippen molar-refractivity contribution in [1.82, 2.24) is 19.9 Å². The molecule has 1 aromatic carbocycles. The number of carbonyl (C=O) groups excluding carboxylic acids is 1. The molecule has 0 radical (unpaired) electrons. The molecule has 0 spiro atoms. The van der Waals surface area contributed by atoms with E-state index in [9.17, 15) is 9.18 Å². The molecule has 0 atom stereocenters. The van der Waals surface area contributed by atoms with Crippen molar-refractivity contribution in [2.24, 2.45) is 11.8 Å². The van der Waals surface area contributed by atoms with Gasteiger partial charge < -0.3 is 9.42 Å². The molecule has 2 aromatic rings. The van der Waals surface area contributed by atoms with Crippen LogP contribution in [0.4, 0.5) is 4.39 Å². The topological polar surface area (TPSA) is 62.5 Å². The zero-order valence-corrected chi connectivity index (χ0v) is 16.3. The van der Waals surface area contributed by atoms with Gasteiger partial charge >= 0.3 is 0 Å². The molecule has 28 heavy (non-hydrogen) atoms. The SMILES string of the molecule is CC1CCN(C(=O)C2CCN(Cc3nc(-c4ccc(F)cc4)no3)CC2)CC1. The Morgan fingerprint density at radius 1 is 1.11 bits per heavy atom. The Kier molecular flexibility index (Phi) is 5.71. The number of amides is 1. The first-order valence-corrected chi connectivity index (χ1v) is 10.2. The third kappa shape index (κ3) is 4.41. The van der Waals surface area contributed by atoms with Crippen molar-refractivity contribution < 1.29 is 13.7 Å². The Balaban J connectivity index is 1.28. The minimum absolute atomic E-state index is 0.141. The number of hydrogen-bond donors (Lipinski definition) is 0. The van der Waals surface area contributed by atoms with E-state index in [1.165, 1.54) is 12.1 Å². The van der Waals surface area contributed by atoms with E-state index in [2.05, 4.69) is 26.9 Å². The van der Waals surface area contributed by atoms with Gasteiger partial charge in [-0.1, -0.05) is 12.1 Å². The van der Waals surface area contributed by atoms with Crippen molar-refractivity contribution >= 4 is 5.91 Å². The number of aromatic nitrogens is 2. The Hall–Kier alpha value is -2.28. The van der Waals surface area contributed by atoms with Gasteiger partial charge in [0.1, 0.15) is 5.82 Å². The van der Waals surface area contributed by atoms with Crippen LogP contribution in [-0.4, -0.2) is 52.0 Å². The molecule has 1 aromatic heterocycles. The van der Waals surface area contributed by atoms with Gasteiger partial charge in [0.15, 0.2) is 0 Å². The second-order valence-corrected chi connectivity index (χ2v) is 8.08. The molecule has 0 unspecified atom stereocenters. The molecule has 1 amide bonds. The van der Waals surface area contributed by atoms with Gasteiger partial charge in [0.05, 0.1) is 6.54 Å². The number of hydrogen-bond acceptors (Lipinski definition) is 5. The number of halogens is 1. The number of carbonyl (C=O) groups is 1. The zero-order valence-electron chi connectivity index (χ0n) is 16.3. The minimum atomic E-state index is -0.288. The van der Waals surface area contributed by atoms with Crippen LogP contribution in [0.15, 0.2) is 28.8 Å². The summed E-state index contributed by atoms with van der Waals surface area (Å²) in [5.74, 6) is 1.95. The van der Waals surface area contributed by atoms with Crippen molar-refractivity contribution in [3.05, 3.63) is 36.0 Å². The van der Waals surface area contributed by atoms with Gasteiger partial charge in [-0.05, 0) is 69.0 Å². The van der Waals surface area contributed by atoms with Crippen molar-refractivity contribution in [2.75, 3.05) is 26.2 Å².